The van der Waals surface area contributed by atoms with Crippen molar-refractivity contribution in [1.82, 2.24) is 9.80 Å². The number of amides is 2. The Labute approximate surface area is 185 Å². The first-order chi connectivity index (χ1) is 15.6. The van der Waals surface area contributed by atoms with Crippen molar-refractivity contribution in [3.8, 4) is 0 Å². The van der Waals surface area contributed by atoms with Crippen molar-refractivity contribution < 1.29 is 23.5 Å². The van der Waals surface area contributed by atoms with Crippen LogP contribution in [-0.4, -0.2) is 60.4 Å². The van der Waals surface area contributed by atoms with E-state index in [-0.39, 0.29) is 24.2 Å². The number of anilines is 2. The molecule has 1 aliphatic rings. The monoisotopic (exact) mass is 433 g/mol. The van der Waals surface area contributed by atoms with E-state index in [1.165, 1.54) is 6.26 Å². The molecule has 164 valence electrons. The van der Waals surface area contributed by atoms with Gasteiger partial charge in [0.15, 0.2) is 12.4 Å². The van der Waals surface area contributed by atoms with Gasteiger partial charge in [0.05, 0.1) is 17.5 Å². The van der Waals surface area contributed by atoms with E-state index >= 15 is 0 Å². The van der Waals surface area contributed by atoms with Crippen LogP contribution in [0.4, 0.5) is 11.4 Å². The van der Waals surface area contributed by atoms with E-state index in [9.17, 15) is 14.4 Å². The van der Waals surface area contributed by atoms with E-state index < -0.39 is 5.97 Å². The van der Waals surface area contributed by atoms with Crippen LogP contribution in [0, 0.1) is 0 Å². The molecule has 1 fully saturated rings. The van der Waals surface area contributed by atoms with Crippen LogP contribution in [-0.2, 0) is 9.53 Å². The number of hydrogen-bond donors (Lipinski definition) is 1. The molecule has 1 N–H and O–H groups in total. The van der Waals surface area contributed by atoms with Crippen LogP contribution < -0.4 is 5.32 Å². The number of piperazine rings is 1. The third-order valence-electron chi connectivity index (χ3n) is 5.18. The van der Waals surface area contributed by atoms with Gasteiger partial charge in [-0.05, 0) is 36.4 Å². The molecule has 4 rings (SSSR count). The Hall–Kier alpha value is -4.07. The van der Waals surface area contributed by atoms with Gasteiger partial charge < -0.3 is 24.3 Å². The minimum Gasteiger partial charge on any atom is -0.459 e. The van der Waals surface area contributed by atoms with Crippen LogP contribution in [0.25, 0.3) is 0 Å². The molecule has 1 saturated heterocycles. The summed E-state index contributed by atoms with van der Waals surface area (Å²) in [6, 6.07) is 19.7. The molecule has 2 heterocycles. The van der Waals surface area contributed by atoms with Gasteiger partial charge in [0, 0.05) is 31.9 Å². The number of para-hydroxylation sites is 2. The van der Waals surface area contributed by atoms with E-state index in [0.717, 1.165) is 5.69 Å². The van der Waals surface area contributed by atoms with Crippen LogP contribution in [0.1, 0.15) is 20.9 Å². The number of nitrogens with zero attached hydrogens (tertiary/aromatic N) is 2. The average Bonchev–Trinajstić information content (AvgIpc) is 3.38. The lowest BCUT2D eigenvalue weighted by atomic mass is 10.1. The second-order valence-corrected chi connectivity index (χ2v) is 7.26. The number of carbonyl (C=O) groups is 3. The van der Waals surface area contributed by atoms with Gasteiger partial charge in [0.25, 0.3) is 11.8 Å². The molecule has 0 unspecified atom stereocenters. The van der Waals surface area contributed by atoms with Gasteiger partial charge in [0.2, 0.25) is 0 Å². The molecule has 0 radical (unpaired) electrons. The van der Waals surface area contributed by atoms with E-state index in [1.807, 2.05) is 36.4 Å². The fourth-order valence-electron chi connectivity index (χ4n) is 3.46. The Morgan fingerprint density at radius 2 is 1.53 bits per heavy atom. The van der Waals surface area contributed by atoms with Gasteiger partial charge >= 0.3 is 5.97 Å². The number of hydrogen-bond acceptors (Lipinski definition) is 6. The van der Waals surface area contributed by atoms with Gasteiger partial charge in [-0.25, -0.2) is 4.79 Å². The summed E-state index contributed by atoms with van der Waals surface area (Å²) >= 11 is 0. The topological polar surface area (TPSA) is 92.1 Å². The van der Waals surface area contributed by atoms with Gasteiger partial charge in [-0.3, -0.25) is 9.59 Å². The van der Waals surface area contributed by atoms with Crippen molar-refractivity contribution in [2.24, 2.45) is 0 Å². The number of furan rings is 1. The van der Waals surface area contributed by atoms with E-state index in [0.29, 0.717) is 37.4 Å². The van der Waals surface area contributed by atoms with Crippen LogP contribution in [0.15, 0.2) is 77.4 Å². The largest absolute Gasteiger partial charge is 0.459 e. The highest BCUT2D eigenvalue weighted by atomic mass is 16.5. The van der Waals surface area contributed by atoms with Crippen LogP contribution in [0.3, 0.4) is 0 Å². The smallest absolute Gasteiger partial charge is 0.340 e. The maximum atomic E-state index is 12.6. The lowest BCUT2D eigenvalue weighted by Crippen LogP contribution is -2.51. The average molecular weight is 433 g/mol. The minimum absolute atomic E-state index is 0.198. The van der Waals surface area contributed by atoms with Crippen molar-refractivity contribution in [2.45, 2.75) is 0 Å². The summed E-state index contributed by atoms with van der Waals surface area (Å²) in [5.41, 5.74) is 1.78. The Bertz CT molecular complexity index is 1070. The first kappa shape index (κ1) is 21.2. The molecule has 3 aromatic rings. The predicted octanol–water partition coefficient (Wildman–Crippen LogP) is 3.16. The zero-order valence-electron chi connectivity index (χ0n) is 17.4. The molecule has 8 heteroatoms. The van der Waals surface area contributed by atoms with Crippen molar-refractivity contribution in [3.05, 3.63) is 84.3 Å². The highest BCUT2D eigenvalue weighted by Gasteiger charge is 2.26. The van der Waals surface area contributed by atoms with E-state index in [1.54, 1.807) is 40.1 Å². The maximum absolute atomic E-state index is 12.6. The normalized spacial score (nSPS) is 13.5. The summed E-state index contributed by atoms with van der Waals surface area (Å²) in [6.07, 6.45) is 1.45. The van der Waals surface area contributed by atoms with Crippen molar-refractivity contribution in [2.75, 3.05) is 38.1 Å². The first-order valence-corrected chi connectivity index (χ1v) is 10.3. The number of nitrogens with one attached hydrogen (secondary N) is 1. The molecule has 32 heavy (non-hydrogen) atoms. The van der Waals surface area contributed by atoms with Gasteiger partial charge in [-0.15, -0.1) is 0 Å². The van der Waals surface area contributed by atoms with Gasteiger partial charge in [-0.1, -0.05) is 30.3 Å². The fourth-order valence-corrected chi connectivity index (χ4v) is 3.46. The number of rotatable bonds is 6. The molecule has 1 aromatic heterocycles. The first-order valence-electron chi connectivity index (χ1n) is 10.3. The molecular formula is C24H23N3O5. The third-order valence-corrected chi connectivity index (χ3v) is 5.18. The highest BCUT2D eigenvalue weighted by molar-refractivity contribution is 5.97. The molecule has 8 nitrogen and oxygen atoms in total. The molecule has 0 atom stereocenters. The molecule has 0 spiro atoms. The number of ether oxygens (including phenoxy) is 1. The summed E-state index contributed by atoms with van der Waals surface area (Å²) in [4.78, 5) is 40.7. The summed E-state index contributed by atoms with van der Waals surface area (Å²) < 4.78 is 10.4. The van der Waals surface area contributed by atoms with Gasteiger partial charge in [0.1, 0.15) is 0 Å². The summed E-state index contributed by atoms with van der Waals surface area (Å²) in [6.45, 7) is 1.17. The molecule has 0 aliphatic carbocycles. The van der Waals surface area contributed by atoms with Crippen LogP contribution >= 0.6 is 0 Å². The van der Waals surface area contributed by atoms with Crippen LogP contribution in [0.2, 0.25) is 0 Å². The molecule has 2 amide bonds. The maximum Gasteiger partial charge on any atom is 0.340 e. The molecule has 0 bridgehead atoms. The van der Waals surface area contributed by atoms with Crippen molar-refractivity contribution in [3.63, 3.8) is 0 Å². The Morgan fingerprint density at radius 3 is 2.25 bits per heavy atom. The van der Waals surface area contributed by atoms with E-state index in [2.05, 4.69) is 5.32 Å². The number of esters is 1. The second kappa shape index (κ2) is 9.82. The Kier molecular flexibility index (Phi) is 6.50. The lowest BCUT2D eigenvalue weighted by Gasteiger charge is -2.34. The summed E-state index contributed by atoms with van der Waals surface area (Å²) in [5.74, 6) is -0.793. The zero-order chi connectivity index (χ0) is 22.3. The van der Waals surface area contributed by atoms with Crippen LogP contribution in [0.5, 0.6) is 0 Å². The summed E-state index contributed by atoms with van der Waals surface area (Å²) in [7, 11) is 0. The quantitative estimate of drug-likeness (QED) is 0.601. The predicted molar refractivity (Wildman–Crippen MR) is 118 cm³/mol. The van der Waals surface area contributed by atoms with E-state index in [4.69, 9.17) is 9.15 Å². The summed E-state index contributed by atoms with van der Waals surface area (Å²) in [5, 5.41) is 3.19. The van der Waals surface area contributed by atoms with Crippen molar-refractivity contribution in [1.29, 1.82) is 0 Å². The van der Waals surface area contributed by atoms with Crippen molar-refractivity contribution >= 4 is 29.2 Å². The zero-order valence-corrected chi connectivity index (χ0v) is 17.4. The molecular weight excluding hydrogens is 410 g/mol. The third kappa shape index (κ3) is 4.97. The number of carbonyl (C=O) groups excluding carboxylic acids is 3. The minimum atomic E-state index is -0.580. The Balaban J connectivity index is 1.29. The SMILES string of the molecule is O=C(OCC(=O)N1CCN(C(=O)c2ccco2)CC1)c1ccccc1Nc1ccccc1. The molecule has 1 aliphatic heterocycles. The highest BCUT2D eigenvalue weighted by Crippen LogP contribution is 2.21. The Morgan fingerprint density at radius 1 is 0.844 bits per heavy atom. The number of benzene rings is 2. The lowest BCUT2D eigenvalue weighted by molar-refractivity contribution is -0.136. The fraction of sp³-hybridized carbons (Fsp3) is 0.208. The second-order valence-electron chi connectivity index (χ2n) is 7.26. The molecule has 2 aromatic carbocycles. The van der Waals surface area contributed by atoms with Gasteiger partial charge in [-0.2, -0.15) is 0 Å². The molecule has 0 saturated carbocycles. The standard InChI is InChI=1S/C24H23N3O5/c28-22(26-12-14-27(15-13-26)23(29)21-11-6-16-31-21)17-32-24(30)19-9-4-5-10-20(19)25-18-7-2-1-3-8-18/h1-11,16,25H,12-15,17H2.